The zero-order valence-electron chi connectivity index (χ0n) is 16.1. The minimum absolute atomic E-state index is 0.105. The Balaban J connectivity index is 1.86. The van der Waals surface area contributed by atoms with E-state index in [-0.39, 0.29) is 17.3 Å². The molecule has 29 heavy (non-hydrogen) atoms. The number of nitrogens with zero attached hydrogens (tertiary/aromatic N) is 1. The maximum atomic E-state index is 12.1. The van der Waals surface area contributed by atoms with E-state index in [2.05, 4.69) is 5.32 Å². The van der Waals surface area contributed by atoms with Gasteiger partial charge >= 0.3 is 5.97 Å². The van der Waals surface area contributed by atoms with Crippen LogP contribution in [0.15, 0.2) is 57.5 Å². The van der Waals surface area contributed by atoms with Crippen LogP contribution >= 0.6 is 0 Å². The number of nitrogens with one attached hydrogen (secondary N) is 1. The number of benzene rings is 1. The fourth-order valence-corrected chi connectivity index (χ4v) is 2.80. The Labute approximate surface area is 167 Å². The lowest BCUT2D eigenvalue weighted by Gasteiger charge is -2.15. The molecule has 3 rings (SSSR count). The topological polar surface area (TPSA) is 109 Å². The van der Waals surface area contributed by atoms with Crippen LogP contribution in [-0.4, -0.2) is 23.9 Å². The number of ether oxygens (including phenoxy) is 1. The van der Waals surface area contributed by atoms with E-state index in [4.69, 9.17) is 14.4 Å². The van der Waals surface area contributed by atoms with E-state index in [0.717, 1.165) is 5.56 Å². The molecule has 2 aromatic rings. The van der Waals surface area contributed by atoms with Crippen LogP contribution in [0.4, 0.5) is 0 Å². The summed E-state index contributed by atoms with van der Waals surface area (Å²) < 4.78 is 10.9. The van der Waals surface area contributed by atoms with Gasteiger partial charge in [-0.2, -0.15) is 5.26 Å². The second-order valence-electron chi connectivity index (χ2n) is 6.69. The van der Waals surface area contributed by atoms with E-state index in [1.807, 2.05) is 0 Å². The summed E-state index contributed by atoms with van der Waals surface area (Å²) in [6.45, 7) is 5.11. The molecule has 2 amide bonds. The lowest BCUT2D eigenvalue weighted by atomic mass is 9.96. The smallest absolute Gasteiger partial charge is 0.338 e. The molecule has 0 bridgehead atoms. The predicted molar refractivity (Wildman–Crippen MR) is 104 cm³/mol. The molecule has 0 fully saturated rings. The zero-order chi connectivity index (χ0) is 21.1. The molecule has 0 saturated heterocycles. The number of hydrogen-bond donors (Lipinski definition) is 1. The quantitative estimate of drug-likeness (QED) is 0.487. The first kappa shape index (κ1) is 19.8. The Morgan fingerprint density at radius 1 is 1.14 bits per heavy atom. The summed E-state index contributed by atoms with van der Waals surface area (Å²) in [5.41, 5.74) is 1.56. The summed E-state index contributed by atoms with van der Waals surface area (Å²) in [7, 11) is 0. The van der Waals surface area contributed by atoms with Crippen LogP contribution in [0.2, 0.25) is 0 Å². The van der Waals surface area contributed by atoms with Gasteiger partial charge in [0.1, 0.15) is 23.2 Å². The first-order valence-electron chi connectivity index (χ1n) is 8.90. The molecule has 0 saturated carbocycles. The molecule has 0 radical (unpaired) electrons. The predicted octanol–water partition coefficient (Wildman–Crippen LogP) is 3.39. The van der Waals surface area contributed by atoms with Crippen LogP contribution in [0, 0.1) is 11.3 Å². The number of esters is 1. The molecule has 0 aliphatic carbocycles. The third kappa shape index (κ3) is 4.17. The summed E-state index contributed by atoms with van der Waals surface area (Å²) >= 11 is 0. The molecule has 1 aromatic heterocycles. The highest BCUT2D eigenvalue weighted by Gasteiger charge is 2.27. The van der Waals surface area contributed by atoms with Gasteiger partial charge in [0.25, 0.3) is 11.8 Å². The molecule has 0 atom stereocenters. The van der Waals surface area contributed by atoms with Gasteiger partial charge in [0.05, 0.1) is 11.7 Å². The van der Waals surface area contributed by atoms with E-state index in [0.29, 0.717) is 22.7 Å². The van der Waals surface area contributed by atoms with Crippen molar-refractivity contribution in [3.05, 3.63) is 64.4 Å². The van der Waals surface area contributed by atoms with Gasteiger partial charge in [0.2, 0.25) is 0 Å². The summed E-state index contributed by atoms with van der Waals surface area (Å²) in [5, 5.41) is 11.2. The van der Waals surface area contributed by atoms with Gasteiger partial charge in [0, 0.05) is 11.1 Å². The number of imide groups is 1. The Morgan fingerprint density at radius 3 is 2.45 bits per heavy atom. The maximum absolute atomic E-state index is 12.1. The first-order chi connectivity index (χ1) is 13.8. The van der Waals surface area contributed by atoms with Crippen LogP contribution in [0.25, 0.3) is 17.4 Å². The molecular weight excluding hydrogens is 372 g/mol. The number of carbonyl (C=O) groups is 3. The monoisotopic (exact) mass is 390 g/mol. The van der Waals surface area contributed by atoms with Crippen molar-refractivity contribution in [1.82, 2.24) is 5.32 Å². The molecule has 0 unspecified atom stereocenters. The van der Waals surface area contributed by atoms with Crippen molar-refractivity contribution in [2.24, 2.45) is 0 Å². The van der Waals surface area contributed by atoms with E-state index in [9.17, 15) is 14.4 Å². The van der Waals surface area contributed by atoms with Crippen molar-refractivity contribution in [3.63, 3.8) is 0 Å². The minimum atomic E-state index is -0.705. The number of hydrogen-bond acceptors (Lipinski definition) is 6. The van der Waals surface area contributed by atoms with E-state index in [1.165, 1.54) is 6.08 Å². The van der Waals surface area contributed by atoms with Gasteiger partial charge in [-0.15, -0.1) is 0 Å². The van der Waals surface area contributed by atoms with Crippen LogP contribution in [0.3, 0.4) is 0 Å². The number of furan rings is 1. The Bertz CT molecular complexity index is 1090. The molecule has 1 N–H and O–H groups in total. The van der Waals surface area contributed by atoms with Crippen LogP contribution in [0.1, 0.15) is 36.9 Å². The third-order valence-electron chi connectivity index (χ3n) is 4.25. The number of amides is 2. The second kappa shape index (κ2) is 7.98. The van der Waals surface area contributed by atoms with Crippen molar-refractivity contribution in [3.8, 4) is 17.4 Å². The van der Waals surface area contributed by atoms with Gasteiger partial charge in [-0.25, -0.2) is 4.79 Å². The van der Waals surface area contributed by atoms with Gasteiger partial charge in [-0.3, -0.25) is 14.9 Å². The average Bonchev–Trinajstić information content (AvgIpc) is 3.13. The van der Waals surface area contributed by atoms with Gasteiger partial charge in [-0.1, -0.05) is 12.1 Å². The number of carbonyl (C=O) groups excluding carboxylic acids is 3. The zero-order valence-corrected chi connectivity index (χ0v) is 16.1. The van der Waals surface area contributed by atoms with Gasteiger partial charge in [-0.05, 0) is 56.7 Å². The maximum Gasteiger partial charge on any atom is 0.338 e. The van der Waals surface area contributed by atoms with E-state index < -0.39 is 17.8 Å². The average molecular weight is 390 g/mol. The Hall–Kier alpha value is -3.92. The summed E-state index contributed by atoms with van der Waals surface area (Å²) in [6, 6.07) is 12.0. The molecule has 1 aliphatic heterocycles. The first-order valence-corrected chi connectivity index (χ1v) is 8.90. The highest BCUT2D eigenvalue weighted by atomic mass is 16.5. The largest absolute Gasteiger partial charge is 0.459 e. The summed E-state index contributed by atoms with van der Waals surface area (Å²) in [4.78, 5) is 35.7. The van der Waals surface area contributed by atoms with Gasteiger partial charge in [0.15, 0.2) is 0 Å². The normalized spacial score (nSPS) is 15.5. The molecule has 1 aromatic carbocycles. The minimum Gasteiger partial charge on any atom is -0.459 e. The van der Waals surface area contributed by atoms with Gasteiger partial charge < -0.3 is 9.15 Å². The summed E-state index contributed by atoms with van der Waals surface area (Å²) in [5.74, 6) is -0.764. The van der Waals surface area contributed by atoms with Crippen molar-refractivity contribution in [1.29, 1.82) is 5.26 Å². The molecule has 146 valence electrons. The van der Waals surface area contributed by atoms with Crippen molar-refractivity contribution >= 4 is 23.9 Å². The molecule has 7 heteroatoms. The molecule has 0 spiro atoms. The van der Waals surface area contributed by atoms with Crippen LogP contribution in [0.5, 0.6) is 0 Å². The van der Waals surface area contributed by atoms with Crippen molar-refractivity contribution < 1.29 is 23.5 Å². The highest BCUT2D eigenvalue weighted by Crippen LogP contribution is 2.27. The van der Waals surface area contributed by atoms with Crippen LogP contribution < -0.4 is 5.32 Å². The van der Waals surface area contributed by atoms with Crippen LogP contribution in [-0.2, 0) is 14.3 Å². The molecular formula is C22H18N2O5. The van der Waals surface area contributed by atoms with E-state index in [1.54, 1.807) is 63.2 Å². The fourth-order valence-electron chi connectivity index (χ4n) is 2.80. The second-order valence-corrected chi connectivity index (χ2v) is 6.69. The van der Waals surface area contributed by atoms with E-state index >= 15 is 0 Å². The summed E-state index contributed by atoms with van der Waals surface area (Å²) in [6.07, 6.45) is 1.28. The SMILES string of the molecule is CC1=C(C#N)C(=O)NC(=O)/C1=C\c1ccc(-c2ccc(C(=O)OC(C)C)cc2)o1. The molecule has 7 nitrogen and oxygen atoms in total. The lowest BCUT2D eigenvalue weighted by molar-refractivity contribution is -0.126. The standard InChI is InChI=1S/C22H18N2O5/c1-12(2)28-22(27)15-6-4-14(5-7-15)19-9-8-16(29-19)10-17-13(3)18(11-23)21(26)24-20(17)25/h4-10,12H,1-3H3,(H,24,25,26)/b17-10-. The van der Waals surface area contributed by atoms with Crippen molar-refractivity contribution in [2.45, 2.75) is 26.9 Å². The number of rotatable bonds is 4. The highest BCUT2D eigenvalue weighted by molar-refractivity contribution is 6.19. The molecule has 1 aliphatic rings. The van der Waals surface area contributed by atoms with Crippen molar-refractivity contribution in [2.75, 3.05) is 0 Å². The fraction of sp³-hybridized carbons (Fsp3) is 0.182. The number of nitriles is 1. The third-order valence-corrected chi connectivity index (χ3v) is 4.25. The molecule has 2 heterocycles. The Morgan fingerprint density at radius 2 is 1.83 bits per heavy atom. The lowest BCUT2D eigenvalue weighted by Crippen LogP contribution is -2.37. The Kier molecular flexibility index (Phi) is 5.46.